The lowest BCUT2D eigenvalue weighted by Gasteiger charge is -2.27. The molecule has 2 aromatic rings. The van der Waals surface area contributed by atoms with Gasteiger partial charge in [0.1, 0.15) is 16.9 Å². The molecule has 1 atom stereocenters. The average Bonchev–Trinajstić information content (AvgIpc) is 3.16. The number of nitrogens with zero attached hydrogens (tertiary/aromatic N) is 1. The van der Waals surface area contributed by atoms with E-state index in [0.717, 1.165) is 6.07 Å². The first-order chi connectivity index (χ1) is 12.9. The van der Waals surface area contributed by atoms with Gasteiger partial charge >= 0.3 is 6.18 Å². The Morgan fingerprint density at radius 1 is 1.15 bits per heavy atom. The molecule has 0 aliphatic carbocycles. The largest absolute Gasteiger partial charge is 0.497 e. The number of carbonyl (C=O) groups excluding carboxylic acids is 1. The molecule has 0 radical (unpaired) electrons. The molecule has 0 aromatic heterocycles. The Kier molecular flexibility index (Phi) is 5.55. The molecule has 1 fully saturated rings. The molecule has 0 bridgehead atoms. The molecular weight excluding hydrogens is 379 g/mol. The molecular formula is C19H18F3NO3S. The number of carbonyl (C=O) groups is 1. The number of alkyl halides is 3. The Labute approximate surface area is 159 Å². The van der Waals surface area contributed by atoms with E-state index < -0.39 is 17.1 Å². The molecule has 2 aromatic carbocycles. The van der Waals surface area contributed by atoms with Gasteiger partial charge in [0.2, 0.25) is 0 Å². The fourth-order valence-corrected chi connectivity index (χ4v) is 4.33. The van der Waals surface area contributed by atoms with Crippen LogP contribution in [-0.2, 0) is 6.18 Å². The van der Waals surface area contributed by atoms with Gasteiger partial charge in [0.05, 0.1) is 25.3 Å². The van der Waals surface area contributed by atoms with Crippen molar-refractivity contribution in [2.45, 2.75) is 11.6 Å². The van der Waals surface area contributed by atoms with Crippen LogP contribution >= 0.6 is 11.8 Å². The van der Waals surface area contributed by atoms with Crippen molar-refractivity contribution in [3.63, 3.8) is 0 Å². The molecule has 1 aliphatic rings. The van der Waals surface area contributed by atoms with Crippen molar-refractivity contribution in [3.8, 4) is 11.5 Å². The van der Waals surface area contributed by atoms with E-state index >= 15 is 0 Å². The number of rotatable bonds is 4. The Hall–Kier alpha value is -2.35. The topological polar surface area (TPSA) is 38.8 Å². The molecule has 8 heteroatoms. The number of hydrogen-bond donors (Lipinski definition) is 0. The standard InChI is InChI=1S/C19H18F3NO3S/c1-25-12-7-8-14(16(11-12)26-2)17(24)23-9-10-27-18(23)13-5-3-4-6-15(13)19(20,21)22/h3-8,11,18H,9-10H2,1-2H3/t18-/m0/s1. The first kappa shape index (κ1) is 19.4. The van der Waals surface area contributed by atoms with Crippen LogP contribution in [0.15, 0.2) is 42.5 Å². The zero-order valence-electron chi connectivity index (χ0n) is 14.7. The predicted octanol–water partition coefficient (Wildman–Crippen LogP) is 4.61. The second kappa shape index (κ2) is 7.72. The van der Waals surface area contributed by atoms with Crippen molar-refractivity contribution < 1.29 is 27.4 Å². The third kappa shape index (κ3) is 3.85. The number of hydrogen-bond acceptors (Lipinski definition) is 4. The van der Waals surface area contributed by atoms with Crippen LogP contribution in [0.3, 0.4) is 0 Å². The minimum atomic E-state index is -4.48. The SMILES string of the molecule is COc1ccc(C(=O)N2CCS[C@H]2c2ccccc2C(F)(F)F)c(OC)c1. The summed E-state index contributed by atoms with van der Waals surface area (Å²) in [5.74, 6) is 1.03. The number of thioether (sulfide) groups is 1. The number of benzene rings is 2. The summed E-state index contributed by atoms with van der Waals surface area (Å²) in [6, 6.07) is 10.1. The summed E-state index contributed by atoms with van der Waals surface area (Å²) in [7, 11) is 2.93. The molecule has 0 unspecified atom stereocenters. The molecule has 1 heterocycles. The van der Waals surface area contributed by atoms with Gasteiger partial charge in [0.25, 0.3) is 5.91 Å². The van der Waals surface area contributed by atoms with Gasteiger partial charge in [-0.2, -0.15) is 13.2 Å². The molecule has 3 rings (SSSR count). The summed E-state index contributed by atoms with van der Waals surface area (Å²) in [5, 5.41) is -0.706. The fourth-order valence-electron chi connectivity index (χ4n) is 3.04. The predicted molar refractivity (Wildman–Crippen MR) is 97.2 cm³/mol. The average molecular weight is 397 g/mol. The number of methoxy groups -OCH3 is 2. The van der Waals surface area contributed by atoms with Gasteiger partial charge in [0.15, 0.2) is 0 Å². The number of halogens is 3. The van der Waals surface area contributed by atoms with E-state index in [1.165, 1.54) is 43.0 Å². The van der Waals surface area contributed by atoms with E-state index in [0.29, 0.717) is 23.8 Å². The van der Waals surface area contributed by atoms with Gasteiger partial charge in [-0.1, -0.05) is 18.2 Å². The van der Waals surface area contributed by atoms with Gasteiger partial charge in [-0.15, -0.1) is 11.8 Å². The van der Waals surface area contributed by atoms with E-state index in [1.54, 1.807) is 24.3 Å². The maximum Gasteiger partial charge on any atom is 0.416 e. The lowest BCUT2D eigenvalue weighted by molar-refractivity contribution is -0.138. The third-order valence-electron chi connectivity index (χ3n) is 4.32. The maximum absolute atomic E-state index is 13.4. The van der Waals surface area contributed by atoms with Crippen LogP contribution in [0.25, 0.3) is 0 Å². The van der Waals surface area contributed by atoms with E-state index in [4.69, 9.17) is 9.47 Å². The Morgan fingerprint density at radius 3 is 2.56 bits per heavy atom. The highest BCUT2D eigenvalue weighted by Gasteiger charge is 2.40. The van der Waals surface area contributed by atoms with E-state index in [-0.39, 0.29) is 17.0 Å². The van der Waals surface area contributed by atoms with Gasteiger partial charge in [-0.25, -0.2) is 0 Å². The monoisotopic (exact) mass is 397 g/mol. The molecule has 0 saturated carbocycles. The van der Waals surface area contributed by atoms with Crippen LogP contribution in [0.5, 0.6) is 11.5 Å². The van der Waals surface area contributed by atoms with E-state index in [9.17, 15) is 18.0 Å². The molecule has 1 saturated heterocycles. The first-order valence-corrected chi connectivity index (χ1v) is 9.22. The van der Waals surface area contributed by atoms with Crippen LogP contribution in [-0.4, -0.2) is 37.3 Å². The quantitative estimate of drug-likeness (QED) is 0.755. The normalized spacial score (nSPS) is 17.1. The fraction of sp³-hybridized carbons (Fsp3) is 0.316. The lowest BCUT2D eigenvalue weighted by atomic mass is 10.1. The summed E-state index contributed by atoms with van der Waals surface area (Å²) >= 11 is 1.32. The van der Waals surface area contributed by atoms with Crippen LogP contribution in [0.2, 0.25) is 0 Å². The van der Waals surface area contributed by atoms with Crippen molar-refractivity contribution in [3.05, 3.63) is 59.2 Å². The summed E-state index contributed by atoms with van der Waals surface area (Å²) in [5.41, 5.74) is -0.340. The molecule has 1 amide bonds. The number of amides is 1. The Balaban J connectivity index is 1.98. The van der Waals surface area contributed by atoms with Gasteiger partial charge in [-0.05, 0) is 23.8 Å². The van der Waals surface area contributed by atoms with E-state index in [1.807, 2.05) is 0 Å². The minimum absolute atomic E-state index is 0.0910. The second-order valence-corrected chi connectivity index (χ2v) is 7.06. The van der Waals surface area contributed by atoms with Crippen LogP contribution in [0, 0.1) is 0 Å². The molecule has 1 aliphatic heterocycles. The summed E-state index contributed by atoms with van der Waals surface area (Å²) in [6.45, 7) is 0.357. The smallest absolute Gasteiger partial charge is 0.416 e. The summed E-state index contributed by atoms with van der Waals surface area (Å²) < 4.78 is 50.6. The van der Waals surface area contributed by atoms with Crippen molar-refractivity contribution in [2.75, 3.05) is 26.5 Å². The Bertz CT molecular complexity index is 841. The zero-order valence-corrected chi connectivity index (χ0v) is 15.6. The van der Waals surface area contributed by atoms with E-state index in [2.05, 4.69) is 0 Å². The molecule has 0 N–H and O–H groups in total. The third-order valence-corrected chi connectivity index (χ3v) is 5.57. The molecule has 144 valence electrons. The first-order valence-electron chi connectivity index (χ1n) is 8.17. The highest BCUT2D eigenvalue weighted by molar-refractivity contribution is 7.99. The highest BCUT2D eigenvalue weighted by Crippen LogP contribution is 2.44. The molecule has 27 heavy (non-hydrogen) atoms. The van der Waals surface area contributed by atoms with Gasteiger partial charge in [-0.3, -0.25) is 4.79 Å². The van der Waals surface area contributed by atoms with Crippen molar-refractivity contribution in [1.29, 1.82) is 0 Å². The summed E-state index contributed by atoms with van der Waals surface area (Å²) in [6.07, 6.45) is -4.48. The van der Waals surface area contributed by atoms with Gasteiger partial charge in [0, 0.05) is 18.4 Å². The molecule has 4 nitrogen and oxygen atoms in total. The highest BCUT2D eigenvalue weighted by atomic mass is 32.2. The maximum atomic E-state index is 13.4. The molecule has 0 spiro atoms. The van der Waals surface area contributed by atoms with Crippen LogP contribution in [0.1, 0.15) is 26.9 Å². The van der Waals surface area contributed by atoms with Crippen molar-refractivity contribution in [2.24, 2.45) is 0 Å². The lowest BCUT2D eigenvalue weighted by Crippen LogP contribution is -2.31. The number of ether oxygens (including phenoxy) is 2. The Morgan fingerprint density at radius 2 is 1.89 bits per heavy atom. The van der Waals surface area contributed by atoms with Gasteiger partial charge < -0.3 is 14.4 Å². The zero-order chi connectivity index (χ0) is 19.6. The second-order valence-electron chi connectivity index (χ2n) is 5.87. The van der Waals surface area contributed by atoms with Crippen molar-refractivity contribution in [1.82, 2.24) is 4.90 Å². The van der Waals surface area contributed by atoms with Crippen LogP contribution < -0.4 is 9.47 Å². The minimum Gasteiger partial charge on any atom is -0.497 e. The summed E-state index contributed by atoms with van der Waals surface area (Å²) in [4.78, 5) is 14.5. The van der Waals surface area contributed by atoms with Crippen molar-refractivity contribution >= 4 is 17.7 Å². The van der Waals surface area contributed by atoms with Crippen LogP contribution in [0.4, 0.5) is 13.2 Å².